The molecule has 0 aliphatic rings. The lowest BCUT2D eigenvalue weighted by Gasteiger charge is -2.13. The van der Waals surface area contributed by atoms with Crippen molar-refractivity contribution in [1.82, 2.24) is 10.6 Å². The summed E-state index contributed by atoms with van der Waals surface area (Å²) in [5.41, 5.74) is 0. The molecule has 0 aromatic carbocycles. The van der Waals surface area contributed by atoms with Crippen molar-refractivity contribution in [1.29, 1.82) is 0 Å². The minimum absolute atomic E-state index is 0.0399. The number of rotatable bonds is 9. The van der Waals surface area contributed by atoms with Crippen LogP contribution in [-0.4, -0.2) is 36.6 Å². The van der Waals surface area contributed by atoms with Crippen LogP contribution < -0.4 is 10.6 Å². The van der Waals surface area contributed by atoms with E-state index in [1.807, 2.05) is 14.0 Å². The van der Waals surface area contributed by atoms with Crippen molar-refractivity contribution in [2.75, 3.05) is 13.6 Å². The lowest BCUT2D eigenvalue weighted by Crippen LogP contribution is -2.32. The number of amides is 1. The Bertz CT molecular complexity index is 219. The molecule has 1 amide bonds. The zero-order valence-electron chi connectivity index (χ0n) is 10.1. The Balaban J connectivity index is 3.50. The minimum atomic E-state index is -0.785. The van der Waals surface area contributed by atoms with Gasteiger partial charge >= 0.3 is 5.97 Å². The first-order valence-corrected chi connectivity index (χ1v) is 5.72. The molecule has 0 radical (unpaired) electrons. The summed E-state index contributed by atoms with van der Waals surface area (Å²) in [4.78, 5) is 21.7. The summed E-state index contributed by atoms with van der Waals surface area (Å²) in [7, 11) is 1.85. The zero-order chi connectivity index (χ0) is 12.4. The number of carbonyl (C=O) groups is 2. The second-order valence-electron chi connectivity index (χ2n) is 3.96. The van der Waals surface area contributed by atoms with Gasteiger partial charge in [-0.25, -0.2) is 0 Å². The molecule has 0 aromatic rings. The van der Waals surface area contributed by atoms with Crippen LogP contribution in [0, 0.1) is 0 Å². The summed E-state index contributed by atoms with van der Waals surface area (Å²) in [6.07, 6.45) is 2.83. The van der Waals surface area contributed by atoms with E-state index in [-0.39, 0.29) is 18.4 Å². The third-order valence-corrected chi connectivity index (χ3v) is 2.27. The number of carbonyl (C=O) groups excluding carboxylic acids is 1. The molecule has 0 saturated carbocycles. The fraction of sp³-hybridized carbons (Fsp3) is 0.818. The van der Waals surface area contributed by atoms with Crippen molar-refractivity contribution < 1.29 is 14.7 Å². The van der Waals surface area contributed by atoms with Gasteiger partial charge in [0.05, 0.1) is 0 Å². The van der Waals surface area contributed by atoms with E-state index >= 15 is 0 Å². The molecule has 0 aromatic heterocycles. The molecule has 0 spiro atoms. The standard InChI is InChI=1S/C11H22N2O3/c1-9(5-3-7-11(15)16)13-10(14)6-4-8-12-2/h9,12H,3-8H2,1-2H3,(H,13,14)(H,15,16). The van der Waals surface area contributed by atoms with Crippen molar-refractivity contribution in [2.45, 2.75) is 45.1 Å². The Morgan fingerprint density at radius 2 is 1.94 bits per heavy atom. The third kappa shape index (κ3) is 9.45. The molecular weight excluding hydrogens is 208 g/mol. The highest BCUT2D eigenvalue weighted by Gasteiger charge is 2.07. The van der Waals surface area contributed by atoms with E-state index in [1.165, 1.54) is 0 Å². The predicted octanol–water partition coefficient (Wildman–Crippen LogP) is 0.746. The second kappa shape index (κ2) is 9.15. The Morgan fingerprint density at radius 1 is 1.25 bits per heavy atom. The Morgan fingerprint density at radius 3 is 2.50 bits per heavy atom. The van der Waals surface area contributed by atoms with Crippen LogP contribution in [0.1, 0.15) is 39.0 Å². The van der Waals surface area contributed by atoms with Crippen molar-refractivity contribution in [3.05, 3.63) is 0 Å². The van der Waals surface area contributed by atoms with Gasteiger partial charge in [-0.05, 0) is 39.8 Å². The highest BCUT2D eigenvalue weighted by molar-refractivity contribution is 5.76. The van der Waals surface area contributed by atoms with Gasteiger partial charge in [-0.2, -0.15) is 0 Å². The third-order valence-electron chi connectivity index (χ3n) is 2.27. The molecule has 0 aliphatic carbocycles. The molecule has 0 bridgehead atoms. The minimum Gasteiger partial charge on any atom is -0.481 e. The summed E-state index contributed by atoms with van der Waals surface area (Å²) < 4.78 is 0. The molecule has 0 fully saturated rings. The van der Waals surface area contributed by atoms with Crippen LogP contribution in [0.3, 0.4) is 0 Å². The van der Waals surface area contributed by atoms with Gasteiger partial charge in [-0.1, -0.05) is 0 Å². The van der Waals surface area contributed by atoms with Gasteiger partial charge in [0.15, 0.2) is 0 Å². The number of aliphatic carboxylic acids is 1. The topological polar surface area (TPSA) is 78.4 Å². The number of carboxylic acid groups (broad SMARTS) is 1. The molecule has 0 aliphatic heterocycles. The first kappa shape index (κ1) is 14.9. The number of nitrogens with one attached hydrogen (secondary N) is 2. The highest BCUT2D eigenvalue weighted by Crippen LogP contribution is 2.01. The van der Waals surface area contributed by atoms with Crippen LogP contribution in [0.2, 0.25) is 0 Å². The molecule has 0 rings (SSSR count). The van der Waals surface area contributed by atoms with E-state index in [4.69, 9.17) is 5.11 Å². The van der Waals surface area contributed by atoms with Gasteiger partial charge in [0.1, 0.15) is 0 Å². The van der Waals surface area contributed by atoms with E-state index < -0.39 is 5.97 Å². The molecule has 3 N–H and O–H groups in total. The normalized spacial score (nSPS) is 12.1. The van der Waals surface area contributed by atoms with Gasteiger partial charge in [-0.3, -0.25) is 9.59 Å². The van der Waals surface area contributed by atoms with Crippen LogP contribution in [0.5, 0.6) is 0 Å². The quantitative estimate of drug-likeness (QED) is 0.511. The van der Waals surface area contributed by atoms with E-state index in [0.717, 1.165) is 13.0 Å². The number of hydrogen-bond acceptors (Lipinski definition) is 3. The van der Waals surface area contributed by atoms with Crippen molar-refractivity contribution in [3.8, 4) is 0 Å². The van der Waals surface area contributed by atoms with E-state index in [9.17, 15) is 9.59 Å². The Kier molecular flexibility index (Phi) is 8.52. The average molecular weight is 230 g/mol. The SMILES string of the molecule is CNCCCC(=O)NC(C)CCCC(=O)O. The maximum atomic E-state index is 11.4. The Hall–Kier alpha value is -1.10. The highest BCUT2D eigenvalue weighted by atomic mass is 16.4. The van der Waals surface area contributed by atoms with Gasteiger partial charge in [0.25, 0.3) is 0 Å². The van der Waals surface area contributed by atoms with E-state index in [2.05, 4.69) is 10.6 Å². The van der Waals surface area contributed by atoms with Crippen LogP contribution >= 0.6 is 0 Å². The first-order valence-electron chi connectivity index (χ1n) is 5.72. The maximum absolute atomic E-state index is 11.4. The predicted molar refractivity (Wildman–Crippen MR) is 62.3 cm³/mol. The summed E-state index contributed by atoms with van der Waals surface area (Å²) >= 11 is 0. The van der Waals surface area contributed by atoms with E-state index in [1.54, 1.807) is 0 Å². The molecule has 5 heteroatoms. The van der Waals surface area contributed by atoms with Crippen molar-refractivity contribution in [2.24, 2.45) is 0 Å². The lowest BCUT2D eigenvalue weighted by molar-refractivity contribution is -0.137. The number of hydrogen-bond donors (Lipinski definition) is 3. The molecule has 1 unspecified atom stereocenters. The van der Waals surface area contributed by atoms with Crippen LogP contribution in [-0.2, 0) is 9.59 Å². The molecule has 0 saturated heterocycles. The van der Waals surface area contributed by atoms with Crippen molar-refractivity contribution >= 4 is 11.9 Å². The summed E-state index contributed by atoms with van der Waals surface area (Å²) in [5, 5.41) is 14.3. The smallest absolute Gasteiger partial charge is 0.303 e. The molecule has 94 valence electrons. The molecule has 5 nitrogen and oxygen atoms in total. The number of carboxylic acids is 1. The second-order valence-corrected chi connectivity index (χ2v) is 3.96. The molecule has 1 atom stereocenters. The van der Waals surface area contributed by atoms with Gasteiger partial charge in [0.2, 0.25) is 5.91 Å². The van der Waals surface area contributed by atoms with Gasteiger partial charge in [-0.15, -0.1) is 0 Å². The Labute approximate surface area is 96.6 Å². The molecule has 0 heterocycles. The molecular formula is C11H22N2O3. The maximum Gasteiger partial charge on any atom is 0.303 e. The largest absolute Gasteiger partial charge is 0.481 e. The van der Waals surface area contributed by atoms with Gasteiger partial charge < -0.3 is 15.7 Å². The van der Waals surface area contributed by atoms with Crippen LogP contribution in [0.25, 0.3) is 0 Å². The van der Waals surface area contributed by atoms with Gasteiger partial charge in [0, 0.05) is 18.9 Å². The average Bonchev–Trinajstić information content (AvgIpc) is 2.17. The van der Waals surface area contributed by atoms with Crippen LogP contribution in [0.15, 0.2) is 0 Å². The monoisotopic (exact) mass is 230 g/mol. The van der Waals surface area contributed by atoms with Crippen LogP contribution in [0.4, 0.5) is 0 Å². The fourth-order valence-electron chi connectivity index (χ4n) is 1.40. The summed E-state index contributed by atoms with van der Waals surface area (Å²) in [6, 6.07) is 0.0569. The molecule has 16 heavy (non-hydrogen) atoms. The first-order chi connectivity index (χ1) is 7.56. The summed E-state index contributed by atoms with van der Waals surface area (Å²) in [6.45, 7) is 2.73. The van der Waals surface area contributed by atoms with Crippen molar-refractivity contribution in [3.63, 3.8) is 0 Å². The van der Waals surface area contributed by atoms with E-state index in [0.29, 0.717) is 19.3 Å². The summed E-state index contributed by atoms with van der Waals surface area (Å²) in [5.74, 6) is -0.745. The zero-order valence-corrected chi connectivity index (χ0v) is 10.1. The lowest BCUT2D eigenvalue weighted by atomic mass is 10.1. The fourth-order valence-corrected chi connectivity index (χ4v) is 1.40.